The van der Waals surface area contributed by atoms with Gasteiger partial charge in [-0.1, -0.05) is 24.3 Å². The van der Waals surface area contributed by atoms with E-state index in [0.717, 1.165) is 0 Å². The number of nitrogens with two attached hydrogens (primary N) is 4. The zero-order valence-corrected chi connectivity index (χ0v) is 13.1. The van der Waals surface area contributed by atoms with Gasteiger partial charge in [0.1, 0.15) is 0 Å². The molecule has 3 aromatic carbocycles. The van der Waals surface area contributed by atoms with E-state index in [-0.39, 0.29) is 11.8 Å². The first-order chi connectivity index (χ1) is 11.6. The maximum Gasteiger partial charge on any atom is 0.0551 e. The van der Waals surface area contributed by atoms with Crippen LogP contribution in [0, 0.1) is 0 Å². The molecule has 3 aromatic rings. The van der Waals surface area contributed by atoms with E-state index in [2.05, 4.69) is 24.3 Å². The Kier molecular flexibility index (Phi) is 2.35. The molecular formula is C20H18N4. The Morgan fingerprint density at radius 2 is 0.750 bits per heavy atom. The number of hydrogen-bond acceptors (Lipinski definition) is 4. The largest absolute Gasteiger partial charge is 0.397 e. The van der Waals surface area contributed by atoms with Crippen LogP contribution < -0.4 is 22.9 Å². The van der Waals surface area contributed by atoms with Crippen molar-refractivity contribution >= 4 is 22.7 Å². The summed E-state index contributed by atoms with van der Waals surface area (Å²) in [6, 6.07) is 16.6. The Hall–Kier alpha value is -3.14. The van der Waals surface area contributed by atoms with Gasteiger partial charge in [-0.2, -0.15) is 0 Å². The molecule has 0 atom stereocenters. The Morgan fingerprint density at radius 3 is 1.04 bits per heavy atom. The van der Waals surface area contributed by atoms with Crippen molar-refractivity contribution in [3.05, 3.63) is 81.9 Å². The molecule has 0 aromatic heterocycles. The van der Waals surface area contributed by atoms with Gasteiger partial charge in [-0.3, -0.25) is 0 Å². The normalized spacial score (nSPS) is 19.5. The second-order valence-electron chi connectivity index (χ2n) is 6.72. The molecule has 0 fully saturated rings. The van der Waals surface area contributed by atoms with Crippen molar-refractivity contribution in [3.8, 4) is 0 Å². The van der Waals surface area contributed by atoms with Gasteiger partial charge in [-0.05, 0) is 57.6 Å². The zero-order chi connectivity index (χ0) is 16.6. The minimum atomic E-state index is 0.127. The van der Waals surface area contributed by atoms with Crippen molar-refractivity contribution < 1.29 is 0 Å². The molecule has 2 bridgehead atoms. The van der Waals surface area contributed by atoms with Gasteiger partial charge in [0.05, 0.1) is 22.7 Å². The molecule has 3 aliphatic rings. The number of nitrogen functional groups attached to an aromatic ring is 4. The summed E-state index contributed by atoms with van der Waals surface area (Å²) in [6.07, 6.45) is 0. The minimum Gasteiger partial charge on any atom is -0.397 e. The van der Waals surface area contributed by atoms with Crippen molar-refractivity contribution in [2.24, 2.45) is 0 Å². The highest BCUT2D eigenvalue weighted by Crippen LogP contribution is 2.57. The fraction of sp³-hybridized carbons (Fsp3) is 0.100. The minimum absolute atomic E-state index is 0.127. The van der Waals surface area contributed by atoms with E-state index in [1.54, 1.807) is 0 Å². The van der Waals surface area contributed by atoms with E-state index in [4.69, 9.17) is 22.9 Å². The van der Waals surface area contributed by atoms with Gasteiger partial charge in [0.15, 0.2) is 0 Å². The van der Waals surface area contributed by atoms with Crippen LogP contribution in [0.15, 0.2) is 48.5 Å². The Balaban J connectivity index is 1.91. The summed E-state index contributed by atoms with van der Waals surface area (Å²) < 4.78 is 0. The summed E-state index contributed by atoms with van der Waals surface area (Å²) >= 11 is 0. The van der Waals surface area contributed by atoms with E-state index in [0.29, 0.717) is 22.7 Å². The lowest BCUT2D eigenvalue weighted by atomic mass is 9.61. The number of hydrogen-bond donors (Lipinski definition) is 4. The molecule has 0 unspecified atom stereocenters. The molecule has 0 saturated heterocycles. The highest BCUT2D eigenvalue weighted by atomic mass is 14.7. The topological polar surface area (TPSA) is 104 Å². The second kappa shape index (κ2) is 4.23. The van der Waals surface area contributed by atoms with Gasteiger partial charge < -0.3 is 22.9 Å². The van der Waals surface area contributed by atoms with Gasteiger partial charge in [0.2, 0.25) is 0 Å². The average Bonchev–Trinajstić information content (AvgIpc) is 2.57. The summed E-state index contributed by atoms with van der Waals surface area (Å²) in [6.45, 7) is 0. The Morgan fingerprint density at radius 1 is 0.458 bits per heavy atom. The van der Waals surface area contributed by atoms with Crippen molar-refractivity contribution in [3.63, 3.8) is 0 Å². The van der Waals surface area contributed by atoms with Crippen molar-refractivity contribution in [1.82, 2.24) is 0 Å². The Bertz CT molecular complexity index is 882. The quantitative estimate of drug-likeness (QED) is 0.330. The summed E-state index contributed by atoms with van der Waals surface area (Å²) in [5.74, 6) is 0.254. The zero-order valence-electron chi connectivity index (χ0n) is 13.1. The number of rotatable bonds is 0. The van der Waals surface area contributed by atoms with Crippen LogP contribution in [0.5, 0.6) is 0 Å². The monoisotopic (exact) mass is 314 g/mol. The molecule has 0 aliphatic heterocycles. The lowest BCUT2D eigenvalue weighted by Gasteiger charge is -2.42. The molecule has 0 radical (unpaired) electrons. The molecule has 0 spiro atoms. The first-order valence-corrected chi connectivity index (χ1v) is 8.02. The van der Waals surface area contributed by atoms with Crippen LogP contribution in [0.1, 0.15) is 45.2 Å². The van der Waals surface area contributed by atoms with Gasteiger partial charge in [-0.15, -0.1) is 0 Å². The van der Waals surface area contributed by atoms with E-state index in [1.165, 1.54) is 33.4 Å². The highest BCUT2D eigenvalue weighted by molar-refractivity contribution is 5.78. The van der Waals surface area contributed by atoms with Crippen molar-refractivity contribution in [2.75, 3.05) is 22.9 Å². The molecule has 118 valence electrons. The molecule has 4 nitrogen and oxygen atoms in total. The smallest absolute Gasteiger partial charge is 0.0551 e. The molecule has 0 saturated carbocycles. The van der Waals surface area contributed by atoms with Crippen LogP contribution in [0.3, 0.4) is 0 Å². The van der Waals surface area contributed by atoms with Crippen LogP contribution in [-0.2, 0) is 0 Å². The van der Waals surface area contributed by atoms with Crippen molar-refractivity contribution in [2.45, 2.75) is 11.8 Å². The van der Waals surface area contributed by atoms with E-state index in [1.807, 2.05) is 24.3 Å². The van der Waals surface area contributed by atoms with Gasteiger partial charge >= 0.3 is 0 Å². The van der Waals surface area contributed by atoms with Crippen LogP contribution in [0.4, 0.5) is 22.7 Å². The maximum atomic E-state index is 6.10. The van der Waals surface area contributed by atoms with Gasteiger partial charge in [-0.25, -0.2) is 0 Å². The predicted octanol–water partition coefficient (Wildman–Crippen LogP) is 3.00. The first-order valence-electron chi connectivity index (χ1n) is 8.02. The lowest BCUT2D eigenvalue weighted by molar-refractivity contribution is 0.756. The summed E-state index contributed by atoms with van der Waals surface area (Å²) in [7, 11) is 0. The number of anilines is 4. The van der Waals surface area contributed by atoms with Crippen LogP contribution >= 0.6 is 0 Å². The van der Waals surface area contributed by atoms with E-state index in [9.17, 15) is 0 Å². The molecule has 6 rings (SSSR count). The third-order valence-corrected chi connectivity index (χ3v) is 5.44. The molecular weight excluding hydrogens is 296 g/mol. The highest BCUT2D eigenvalue weighted by Gasteiger charge is 2.41. The fourth-order valence-corrected chi connectivity index (χ4v) is 4.38. The van der Waals surface area contributed by atoms with Crippen LogP contribution in [0.25, 0.3) is 0 Å². The third-order valence-electron chi connectivity index (χ3n) is 5.44. The van der Waals surface area contributed by atoms with E-state index >= 15 is 0 Å². The molecule has 3 aliphatic carbocycles. The summed E-state index contributed by atoms with van der Waals surface area (Å²) in [5, 5.41) is 0. The average molecular weight is 314 g/mol. The van der Waals surface area contributed by atoms with E-state index < -0.39 is 0 Å². The molecule has 8 N–H and O–H groups in total. The standard InChI is InChI=1S/C20H18N4/c21-15-5-11-13(7-17(15)23)20-10-4-2-1-3-9(10)19(11)12-6-16(22)18(24)8-14(12)20/h1-8,19-20H,21-24H2. The summed E-state index contributed by atoms with van der Waals surface area (Å²) in [4.78, 5) is 0. The summed E-state index contributed by atoms with van der Waals surface area (Å²) in [5.41, 5.74) is 34.4. The Labute approximate surface area is 140 Å². The SMILES string of the molecule is Nc1cc2c(cc1N)C1c3ccccc3C2c2cc(N)c(N)cc21. The third kappa shape index (κ3) is 1.48. The van der Waals surface area contributed by atoms with Crippen molar-refractivity contribution in [1.29, 1.82) is 0 Å². The molecule has 24 heavy (non-hydrogen) atoms. The fourth-order valence-electron chi connectivity index (χ4n) is 4.38. The first kappa shape index (κ1) is 13.3. The maximum absolute atomic E-state index is 6.10. The van der Waals surface area contributed by atoms with Gasteiger partial charge in [0, 0.05) is 11.8 Å². The molecule has 0 heterocycles. The van der Waals surface area contributed by atoms with Gasteiger partial charge in [0.25, 0.3) is 0 Å². The predicted molar refractivity (Wildman–Crippen MR) is 98.9 cm³/mol. The lowest BCUT2D eigenvalue weighted by Crippen LogP contribution is -2.28. The van der Waals surface area contributed by atoms with Crippen LogP contribution in [0.2, 0.25) is 0 Å². The molecule has 0 amide bonds. The second-order valence-corrected chi connectivity index (χ2v) is 6.72. The number of benzene rings is 3. The van der Waals surface area contributed by atoms with Crippen LogP contribution in [-0.4, -0.2) is 0 Å². The molecule has 4 heteroatoms.